The minimum Gasteiger partial charge on any atom is -0.448 e. The molecule has 1 saturated heterocycles. The smallest absolute Gasteiger partial charge is 0.407 e. The van der Waals surface area contributed by atoms with Gasteiger partial charge in [0.1, 0.15) is 12.4 Å². The molecule has 2 aliphatic heterocycles. The van der Waals surface area contributed by atoms with Crippen molar-refractivity contribution < 1.29 is 18.7 Å². The van der Waals surface area contributed by atoms with Crippen molar-refractivity contribution in [2.24, 2.45) is 0 Å². The summed E-state index contributed by atoms with van der Waals surface area (Å²) in [6.07, 6.45) is 0.00241. The molecule has 2 aliphatic rings. The van der Waals surface area contributed by atoms with E-state index in [1.807, 2.05) is 0 Å². The van der Waals surface area contributed by atoms with Crippen LogP contribution in [0.4, 0.5) is 14.9 Å². The van der Waals surface area contributed by atoms with Gasteiger partial charge in [0, 0.05) is 0 Å². The lowest BCUT2D eigenvalue weighted by molar-refractivity contribution is -0.115. The van der Waals surface area contributed by atoms with Gasteiger partial charge in [0.05, 0.1) is 18.7 Å². The van der Waals surface area contributed by atoms with Crippen LogP contribution in [-0.2, 0) is 16.0 Å². The van der Waals surface area contributed by atoms with Crippen LogP contribution in [0.2, 0.25) is 0 Å². The molecule has 2 amide bonds. The summed E-state index contributed by atoms with van der Waals surface area (Å²) in [5.41, 5.74) is 1.09. The van der Waals surface area contributed by atoms with E-state index in [4.69, 9.17) is 0 Å². The Labute approximate surface area is 97.0 Å². The van der Waals surface area contributed by atoms with Crippen LogP contribution in [0, 0.1) is 5.82 Å². The number of hydrogen-bond donors (Lipinski definition) is 2. The van der Waals surface area contributed by atoms with Gasteiger partial charge in [-0.2, -0.15) is 0 Å². The first-order valence-electron chi connectivity index (χ1n) is 5.14. The first-order valence-corrected chi connectivity index (χ1v) is 5.14. The number of anilines is 1. The number of carbonyl (C=O) groups excluding carboxylic acids is 2. The molecule has 2 N–H and O–H groups in total. The lowest BCUT2D eigenvalue weighted by Crippen LogP contribution is -2.11. The molecule has 90 valence electrons. The van der Waals surface area contributed by atoms with Gasteiger partial charge in [-0.25, -0.2) is 9.18 Å². The molecule has 0 bridgehead atoms. The SMILES string of the molecule is O=C1Cc2cccc(F)c2N1.O=C1NCCO1. The van der Waals surface area contributed by atoms with Crippen molar-refractivity contribution in [2.45, 2.75) is 6.42 Å². The van der Waals surface area contributed by atoms with Gasteiger partial charge in [0.15, 0.2) is 0 Å². The van der Waals surface area contributed by atoms with Crippen LogP contribution in [0.1, 0.15) is 5.56 Å². The van der Waals surface area contributed by atoms with E-state index in [0.717, 1.165) is 5.56 Å². The Morgan fingerprint density at radius 1 is 1.29 bits per heavy atom. The number of benzene rings is 1. The number of amides is 2. The van der Waals surface area contributed by atoms with Gasteiger partial charge in [-0.05, 0) is 11.6 Å². The minimum absolute atomic E-state index is 0.134. The first-order chi connectivity index (χ1) is 8.16. The maximum atomic E-state index is 12.8. The Hall–Kier alpha value is -2.11. The zero-order valence-corrected chi connectivity index (χ0v) is 8.96. The van der Waals surface area contributed by atoms with E-state index in [1.54, 1.807) is 12.1 Å². The predicted octanol–water partition coefficient (Wildman–Crippen LogP) is 1.05. The second-order valence-corrected chi connectivity index (χ2v) is 3.56. The van der Waals surface area contributed by atoms with Crippen molar-refractivity contribution in [3.63, 3.8) is 0 Å². The van der Waals surface area contributed by atoms with E-state index >= 15 is 0 Å². The zero-order valence-electron chi connectivity index (χ0n) is 8.96. The number of ether oxygens (including phenoxy) is 1. The molecule has 2 heterocycles. The zero-order chi connectivity index (χ0) is 12.3. The number of alkyl carbamates (subject to hydrolysis) is 1. The fourth-order valence-electron chi connectivity index (χ4n) is 1.56. The summed E-state index contributed by atoms with van der Waals surface area (Å²) in [6.45, 7) is 1.19. The Kier molecular flexibility index (Phi) is 3.22. The standard InChI is InChI=1S/C8H6FNO.C3H5NO2/c9-6-3-1-2-5-4-7(11)10-8(5)6;5-3-4-1-2-6-3/h1-3H,4H2,(H,10,11);1-2H2,(H,4,5). The number of rotatable bonds is 0. The highest BCUT2D eigenvalue weighted by Gasteiger charge is 2.19. The first kappa shape index (κ1) is 11.4. The third kappa shape index (κ3) is 2.72. The van der Waals surface area contributed by atoms with E-state index in [2.05, 4.69) is 15.4 Å². The van der Waals surface area contributed by atoms with Crippen molar-refractivity contribution in [2.75, 3.05) is 18.5 Å². The third-order valence-electron chi connectivity index (χ3n) is 2.32. The Morgan fingerprint density at radius 3 is 2.65 bits per heavy atom. The summed E-state index contributed by atoms with van der Waals surface area (Å²) >= 11 is 0. The Morgan fingerprint density at radius 2 is 2.12 bits per heavy atom. The van der Waals surface area contributed by atoms with Crippen LogP contribution in [0.25, 0.3) is 0 Å². The van der Waals surface area contributed by atoms with Gasteiger partial charge in [-0.15, -0.1) is 0 Å². The normalized spacial score (nSPS) is 16.3. The number of hydrogen-bond acceptors (Lipinski definition) is 3. The highest BCUT2D eigenvalue weighted by atomic mass is 19.1. The van der Waals surface area contributed by atoms with Gasteiger partial charge in [0.2, 0.25) is 5.91 Å². The average molecular weight is 238 g/mol. The average Bonchev–Trinajstić information content (AvgIpc) is 2.88. The van der Waals surface area contributed by atoms with Crippen LogP contribution in [0.5, 0.6) is 0 Å². The van der Waals surface area contributed by atoms with Crippen LogP contribution in [0.3, 0.4) is 0 Å². The summed E-state index contributed by atoms with van der Waals surface area (Å²) in [5, 5.41) is 4.91. The van der Waals surface area contributed by atoms with E-state index in [-0.39, 0.29) is 17.8 Å². The number of para-hydroxylation sites is 1. The maximum Gasteiger partial charge on any atom is 0.407 e. The molecule has 1 aromatic rings. The maximum absolute atomic E-state index is 12.8. The Bertz CT molecular complexity index is 454. The van der Waals surface area contributed by atoms with Crippen molar-refractivity contribution in [3.05, 3.63) is 29.6 Å². The number of carbonyl (C=O) groups is 2. The summed E-state index contributed by atoms with van der Waals surface area (Å²) in [5.74, 6) is -0.488. The number of cyclic esters (lactones) is 1. The van der Waals surface area contributed by atoms with Gasteiger partial charge < -0.3 is 15.4 Å². The fraction of sp³-hybridized carbons (Fsp3) is 0.273. The molecule has 5 nitrogen and oxygen atoms in total. The number of nitrogens with one attached hydrogen (secondary N) is 2. The van der Waals surface area contributed by atoms with Crippen molar-refractivity contribution >= 4 is 17.7 Å². The molecule has 6 heteroatoms. The van der Waals surface area contributed by atoms with Crippen LogP contribution in [0.15, 0.2) is 18.2 Å². The van der Waals surface area contributed by atoms with Crippen molar-refractivity contribution in [1.82, 2.24) is 5.32 Å². The van der Waals surface area contributed by atoms with Crippen LogP contribution < -0.4 is 10.6 Å². The van der Waals surface area contributed by atoms with Gasteiger partial charge in [0.25, 0.3) is 0 Å². The summed E-state index contributed by atoms with van der Waals surface area (Å²) < 4.78 is 17.3. The molecule has 1 fully saturated rings. The monoisotopic (exact) mass is 238 g/mol. The van der Waals surface area contributed by atoms with E-state index in [0.29, 0.717) is 25.3 Å². The molecule has 0 spiro atoms. The van der Waals surface area contributed by atoms with E-state index in [9.17, 15) is 14.0 Å². The molecule has 0 atom stereocenters. The van der Waals surface area contributed by atoms with Gasteiger partial charge >= 0.3 is 6.09 Å². The predicted molar refractivity (Wildman–Crippen MR) is 58.1 cm³/mol. The highest BCUT2D eigenvalue weighted by Crippen LogP contribution is 2.25. The second kappa shape index (κ2) is 4.82. The van der Waals surface area contributed by atoms with Crippen LogP contribution >= 0.6 is 0 Å². The minimum atomic E-state index is -0.353. The summed E-state index contributed by atoms with van der Waals surface area (Å²) in [7, 11) is 0. The lowest BCUT2D eigenvalue weighted by atomic mass is 10.2. The fourth-order valence-corrected chi connectivity index (χ4v) is 1.56. The molecule has 0 radical (unpaired) electrons. The number of fused-ring (bicyclic) bond motifs is 1. The molecule has 0 aliphatic carbocycles. The molecule has 3 rings (SSSR count). The number of halogens is 1. The van der Waals surface area contributed by atoms with Crippen molar-refractivity contribution in [1.29, 1.82) is 0 Å². The molecular formula is C11H11FN2O3. The molecule has 0 unspecified atom stereocenters. The molecule has 1 aromatic carbocycles. The molecule has 0 saturated carbocycles. The van der Waals surface area contributed by atoms with E-state index < -0.39 is 0 Å². The highest BCUT2D eigenvalue weighted by molar-refractivity contribution is 5.99. The third-order valence-corrected chi connectivity index (χ3v) is 2.32. The quantitative estimate of drug-likeness (QED) is 0.709. The summed E-state index contributed by atoms with van der Waals surface area (Å²) in [6, 6.07) is 4.69. The van der Waals surface area contributed by atoms with Crippen molar-refractivity contribution in [3.8, 4) is 0 Å². The topological polar surface area (TPSA) is 67.4 Å². The molecular weight excluding hydrogens is 227 g/mol. The van der Waals surface area contributed by atoms with E-state index in [1.165, 1.54) is 6.07 Å². The summed E-state index contributed by atoms with van der Waals surface area (Å²) in [4.78, 5) is 20.7. The van der Waals surface area contributed by atoms with Crippen LogP contribution in [-0.4, -0.2) is 25.2 Å². The van der Waals surface area contributed by atoms with Gasteiger partial charge in [-0.3, -0.25) is 4.79 Å². The Balaban J connectivity index is 0.000000153. The largest absolute Gasteiger partial charge is 0.448 e. The van der Waals surface area contributed by atoms with Gasteiger partial charge in [-0.1, -0.05) is 12.1 Å². The molecule has 17 heavy (non-hydrogen) atoms. The lowest BCUT2D eigenvalue weighted by Gasteiger charge is -1.97. The molecule has 0 aromatic heterocycles. The second-order valence-electron chi connectivity index (χ2n) is 3.56.